The van der Waals surface area contributed by atoms with Gasteiger partial charge in [0.2, 0.25) is 11.7 Å². The molecule has 1 aliphatic heterocycles. The van der Waals surface area contributed by atoms with Gasteiger partial charge < -0.3 is 14.6 Å². The summed E-state index contributed by atoms with van der Waals surface area (Å²) in [6, 6.07) is 0.219. The van der Waals surface area contributed by atoms with Gasteiger partial charge in [0.05, 0.1) is 6.04 Å². The van der Waals surface area contributed by atoms with Crippen LogP contribution in [0.3, 0.4) is 0 Å². The summed E-state index contributed by atoms with van der Waals surface area (Å²) in [6.07, 6.45) is 6.00. The normalized spacial score (nSPS) is 29.4. The Morgan fingerprint density at radius 3 is 2.95 bits per heavy atom. The maximum absolute atomic E-state index is 5.50. The molecule has 1 aromatic rings. The Balaban J connectivity index is 1.69. The zero-order chi connectivity index (χ0) is 13.2. The number of hydrogen-bond donors (Lipinski definition) is 1. The van der Waals surface area contributed by atoms with Gasteiger partial charge >= 0.3 is 0 Å². The molecule has 1 N–H and O–H groups in total. The van der Waals surface area contributed by atoms with Gasteiger partial charge in [0.1, 0.15) is 6.10 Å². The monoisotopic (exact) mass is 265 g/mol. The van der Waals surface area contributed by atoms with Crippen molar-refractivity contribution < 1.29 is 9.26 Å². The first-order valence-electron chi connectivity index (χ1n) is 7.41. The Hall–Kier alpha value is -0.940. The van der Waals surface area contributed by atoms with Crippen molar-refractivity contribution >= 4 is 0 Å². The largest absolute Gasteiger partial charge is 0.373 e. The van der Waals surface area contributed by atoms with Gasteiger partial charge in [-0.2, -0.15) is 4.98 Å². The van der Waals surface area contributed by atoms with E-state index in [1.807, 2.05) is 0 Å². The molecule has 3 rings (SSSR count). The second-order valence-electron chi connectivity index (χ2n) is 5.79. The standard InChI is InChI=1S/C14H23N3O2/c1-3-9-6-7-15-11(8-9)14-16-13(17-19-14)12(18-2)10-4-5-10/h9-12,15H,3-8H2,1-2H3. The van der Waals surface area contributed by atoms with E-state index < -0.39 is 0 Å². The highest BCUT2D eigenvalue weighted by Crippen LogP contribution is 2.42. The van der Waals surface area contributed by atoms with Crippen LogP contribution in [-0.4, -0.2) is 23.8 Å². The Bertz CT molecular complexity index is 417. The van der Waals surface area contributed by atoms with Crippen molar-refractivity contribution in [2.45, 2.75) is 51.2 Å². The van der Waals surface area contributed by atoms with Gasteiger partial charge in [-0.05, 0) is 44.1 Å². The lowest BCUT2D eigenvalue weighted by Gasteiger charge is -2.27. The molecule has 3 unspecified atom stereocenters. The van der Waals surface area contributed by atoms with Crippen molar-refractivity contribution in [1.82, 2.24) is 15.5 Å². The average molecular weight is 265 g/mol. The van der Waals surface area contributed by atoms with E-state index in [2.05, 4.69) is 22.4 Å². The van der Waals surface area contributed by atoms with Gasteiger partial charge in [0.25, 0.3) is 0 Å². The summed E-state index contributed by atoms with van der Waals surface area (Å²) in [6.45, 7) is 3.29. The van der Waals surface area contributed by atoms with Gasteiger partial charge in [0, 0.05) is 7.11 Å². The Labute approximate surface area is 114 Å². The molecule has 19 heavy (non-hydrogen) atoms. The fourth-order valence-corrected chi connectivity index (χ4v) is 2.97. The lowest BCUT2D eigenvalue weighted by atomic mass is 9.90. The molecule has 2 aliphatic rings. The molecule has 106 valence electrons. The van der Waals surface area contributed by atoms with Crippen LogP contribution in [0.15, 0.2) is 4.52 Å². The Kier molecular flexibility index (Phi) is 3.84. The quantitative estimate of drug-likeness (QED) is 0.886. The first-order valence-corrected chi connectivity index (χ1v) is 7.41. The number of nitrogens with one attached hydrogen (secondary N) is 1. The molecule has 0 aromatic carbocycles. The number of nitrogens with zero attached hydrogens (tertiary/aromatic N) is 2. The van der Waals surface area contributed by atoms with Crippen molar-refractivity contribution in [3.05, 3.63) is 11.7 Å². The smallest absolute Gasteiger partial charge is 0.243 e. The summed E-state index contributed by atoms with van der Waals surface area (Å²) in [7, 11) is 1.73. The summed E-state index contributed by atoms with van der Waals surface area (Å²) in [5.74, 6) is 2.80. The molecule has 0 amide bonds. The molecular weight excluding hydrogens is 242 g/mol. The zero-order valence-electron chi connectivity index (χ0n) is 11.8. The van der Waals surface area contributed by atoms with Crippen LogP contribution >= 0.6 is 0 Å². The lowest BCUT2D eigenvalue weighted by Crippen LogP contribution is -2.31. The fourth-order valence-electron chi connectivity index (χ4n) is 2.97. The van der Waals surface area contributed by atoms with Crippen molar-refractivity contribution in [2.75, 3.05) is 13.7 Å². The minimum absolute atomic E-state index is 0.0167. The Morgan fingerprint density at radius 1 is 1.42 bits per heavy atom. The molecule has 1 saturated heterocycles. The van der Waals surface area contributed by atoms with Gasteiger partial charge in [-0.3, -0.25) is 0 Å². The second-order valence-corrected chi connectivity index (χ2v) is 5.79. The summed E-state index contributed by atoms with van der Waals surface area (Å²) < 4.78 is 11.0. The van der Waals surface area contributed by atoms with Crippen LogP contribution in [0.1, 0.15) is 62.9 Å². The van der Waals surface area contributed by atoms with E-state index in [0.29, 0.717) is 5.92 Å². The molecule has 1 aliphatic carbocycles. The SMILES string of the molecule is CCC1CCNC(c2nc(C(OC)C3CC3)no2)C1. The number of ether oxygens (including phenoxy) is 1. The Morgan fingerprint density at radius 2 is 2.26 bits per heavy atom. The highest BCUT2D eigenvalue weighted by atomic mass is 16.5. The van der Waals surface area contributed by atoms with E-state index in [0.717, 1.165) is 30.6 Å². The van der Waals surface area contributed by atoms with Gasteiger partial charge in [-0.15, -0.1) is 0 Å². The van der Waals surface area contributed by atoms with Crippen LogP contribution in [-0.2, 0) is 4.74 Å². The molecule has 0 spiro atoms. The van der Waals surface area contributed by atoms with E-state index in [1.165, 1.54) is 25.7 Å². The molecular formula is C14H23N3O2. The first kappa shape index (κ1) is 13.1. The van der Waals surface area contributed by atoms with E-state index in [-0.39, 0.29) is 12.1 Å². The molecule has 1 saturated carbocycles. The van der Waals surface area contributed by atoms with Gasteiger partial charge in [-0.25, -0.2) is 0 Å². The van der Waals surface area contributed by atoms with Gasteiger partial charge in [0.15, 0.2) is 0 Å². The van der Waals surface area contributed by atoms with Crippen LogP contribution in [0.25, 0.3) is 0 Å². The molecule has 5 nitrogen and oxygen atoms in total. The minimum Gasteiger partial charge on any atom is -0.373 e. The molecule has 5 heteroatoms. The third-order valence-electron chi connectivity index (χ3n) is 4.40. The number of piperidine rings is 1. The summed E-state index contributed by atoms with van der Waals surface area (Å²) in [4.78, 5) is 4.57. The van der Waals surface area contributed by atoms with Crippen LogP contribution < -0.4 is 5.32 Å². The van der Waals surface area contributed by atoms with Crippen molar-refractivity contribution in [3.63, 3.8) is 0 Å². The zero-order valence-corrected chi connectivity index (χ0v) is 11.8. The highest BCUT2D eigenvalue weighted by Gasteiger charge is 2.36. The van der Waals surface area contributed by atoms with E-state index in [9.17, 15) is 0 Å². The number of aromatic nitrogens is 2. The van der Waals surface area contributed by atoms with Crippen LogP contribution in [0.5, 0.6) is 0 Å². The minimum atomic E-state index is 0.0167. The number of hydrogen-bond acceptors (Lipinski definition) is 5. The van der Waals surface area contributed by atoms with Gasteiger partial charge in [-0.1, -0.05) is 18.5 Å². The summed E-state index contributed by atoms with van der Waals surface area (Å²) >= 11 is 0. The van der Waals surface area contributed by atoms with Crippen LogP contribution in [0.2, 0.25) is 0 Å². The highest BCUT2D eigenvalue weighted by molar-refractivity contribution is 5.01. The third-order valence-corrected chi connectivity index (χ3v) is 4.40. The predicted molar refractivity (Wildman–Crippen MR) is 70.5 cm³/mol. The summed E-state index contributed by atoms with van der Waals surface area (Å²) in [5, 5.41) is 7.60. The van der Waals surface area contributed by atoms with Crippen LogP contribution in [0.4, 0.5) is 0 Å². The van der Waals surface area contributed by atoms with Crippen molar-refractivity contribution in [2.24, 2.45) is 11.8 Å². The molecule has 2 heterocycles. The van der Waals surface area contributed by atoms with Crippen molar-refractivity contribution in [1.29, 1.82) is 0 Å². The fraction of sp³-hybridized carbons (Fsp3) is 0.857. The molecule has 2 fully saturated rings. The first-order chi connectivity index (χ1) is 9.31. The van der Waals surface area contributed by atoms with E-state index in [4.69, 9.17) is 9.26 Å². The maximum atomic E-state index is 5.50. The lowest BCUT2D eigenvalue weighted by molar-refractivity contribution is 0.0751. The molecule has 0 bridgehead atoms. The summed E-state index contributed by atoms with van der Waals surface area (Å²) in [5.41, 5.74) is 0. The predicted octanol–water partition coefficient (Wildman–Crippen LogP) is 2.62. The number of methoxy groups -OCH3 is 1. The molecule has 0 radical (unpaired) electrons. The topological polar surface area (TPSA) is 60.2 Å². The van der Waals surface area contributed by atoms with Crippen LogP contribution in [0, 0.1) is 11.8 Å². The van der Waals surface area contributed by atoms with Crippen molar-refractivity contribution in [3.8, 4) is 0 Å². The average Bonchev–Trinajstić information content (AvgIpc) is 3.17. The van der Waals surface area contributed by atoms with E-state index >= 15 is 0 Å². The van der Waals surface area contributed by atoms with E-state index in [1.54, 1.807) is 7.11 Å². The molecule has 3 atom stereocenters. The second kappa shape index (κ2) is 5.59. The third kappa shape index (κ3) is 2.82. The maximum Gasteiger partial charge on any atom is 0.243 e. The molecule has 1 aromatic heterocycles. The number of rotatable bonds is 5.